The van der Waals surface area contributed by atoms with Crippen molar-refractivity contribution in [3.05, 3.63) is 41.5 Å². The van der Waals surface area contributed by atoms with Gasteiger partial charge in [-0.15, -0.1) is 0 Å². The average Bonchev–Trinajstić information content (AvgIpc) is 3.07. The van der Waals surface area contributed by atoms with Gasteiger partial charge in [-0.25, -0.2) is 4.98 Å². The van der Waals surface area contributed by atoms with Crippen molar-refractivity contribution in [3.8, 4) is 11.8 Å². The molecule has 2 atom stereocenters. The number of benzene rings is 1. The fourth-order valence-electron chi connectivity index (χ4n) is 2.66. The molecule has 8 heteroatoms. The van der Waals surface area contributed by atoms with Gasteiger partial charge in [0.05, 0.1) is 24.8 Å². The van der Waals surface area contributed by atoms with Crippen molar-refractivity contribution in [2.24, 2.45) is 0 Å². The van der Waals surface area contributed by atoms with Gasteiger partial charge >= 0.3 is 0 Å². The highest BCUT2D eigenvalue weighted by Gasteiger charge is 2.30. The second-order valence-corrected chi connectivity index (χ2v) is 5.82. The topological polar surface area (TPSA) is 104 Å². The lowest BCUT2D eigenvalue weighted by atomic mass is 10.2. The number of amides is 1. The van der Waals surface area contributed by atoms with Crippen LogP contribution in [0.25, 0.3) is 0 Å². The Labute approximate surface area is 145 Å². The van der Waals surface area contributed by atoms with E-state index in [1.807, 2.05) is 6.92 Å². The predicted octanol–water partition coefficient (Wildman–Crippen LogP) is 1.35. The van der Waals surface area contributed by atoms with E-state index in [1.54, 1.807) is 36.1 Å². The van der Waals surface area contributed by atoms with Gasteiger partial charge in [-0.2, -0.15) is 10.4 Å². The van der Waals surface area contributed by atoms with Gasteiger partial charge in [0.2, 0.25) is 0 Å². The highest BCUT2D eigenvalue weighted by molar-refractivity contribution is 5.81. The molecule has 0 radical (unpaired) electrons. The number of nitrogens with one attached hydrogen (secondary N) is 1. The Balaban J connectivity index is 1.64. The third-order valence-corrected chi connectivity index (χ3v) is 3.90. The summed E-state index contributed by atoms with van der Waals surface area (Å²) < 4.78 is 11.4. The molecule has 1 aromatic carbocycles. The Kier molecular flexibility index (Phi) is 4.95. The number of carbonyl (C=O) groups is 1. The number of rotatable bonds is 4. The normalized spacial score (nSPS) is 18.4. The number of hydrogen-bond acceptors (Lipinski definition) is 6. The molecule has 1 saturated heterocycles. The van der Waals surface area contributed by atoms with Gasteiger partial charge in [-0.05, 0) is 32.0 Å². The van der Waals surface area contributed by atoms with Crippen molar-refractivity contribution in [2.75, 3.05) is 19.7 Å². The Morgan fingerprint density at radius 2 is 2.40 bits per heavy atom. The molecule has 1 aliphatic rings. The SMILES string of the molecule is Cc1nc([C@H]2CN(C(=O)[C@H](C)Oc3cccc(C#N)c3)CCO2)n[nH]1. The molecular weight excluding hydrogens is 322 g/mol. The van der Waals surface area contributed by atoms with Crippen LogP contribution in [-0.4, -0.2) is 51.8 Å². The molecule has 1 aliphatic heterocycles. The molecule has 8 nitrogen and oxygen atoms in total. The lowest BCUT2D eigenvalue weighted by Crippen LogP contribution is -2.47. The first-order valence-electron chi connectivity index (χ1n) is 8.03. The zero-order chi connectivity index (χ0) is 17.8. The van der Waals surface area contributed by atoms with Crippen LogP contribution in [-0.2, 0) is 9.53 Å². The molecule has 1 aromatic heterocycles. The molecule has 0 aliphatic carbocycles. The Bertz CT molecular complexity index is 798. The van der Waals surface area contributed by atoms with Crippen molar-refractivity contribution in [2.45, 2.75) is 26.1 Å². The maximum atomic E-state index is 12.7. The summed E-state index contributed by atoms with van der Waals surface area (Å²) in [5, 5.41) is 15.8. The van der Waals surface area contributed by atoms with Gasteiger partial charge < -0.3 is 14.4 Å². The van der Waals surface area contributed by atoms with Gasteiger partial charge in [0.1, 0.15) is 17.7 Å². The summed E-state index contributed by atoms with van der Waals surface area (Å²) in [7, 11) is 0. The Hall–Kier alpha value is -2.92. The minimum absolute atomic E-state index is 0.136. The number of hydrogen-bond donors (Lipinski definition) is 1. The Morgan fingerprint density at radius 3 is 3.12 bits per heavy atom. The van der Waals surface area contributed by atoms with Crippen molar-refractivity contribution in [3.63, 3.8) is 0 Å². The lowest BCUT2D eigenvalue weighted by Gasteiger charge is -2.33. The smallest absolute Gasteiger partial charge is 0.263 e. The molecule has 130 valence electrons. The number of aromatic nitrogens is 3. The summed E-state index contributed by atoms with van der Waals surface area (Å²) in [5.41, 5.74) is 0.489. The molecule has 0 spiro atoms. The molecule has 1 amide bonds. The van der Waals surface area contributed by atoms with E-state index in [4.69, 9.17) is 14.7 Å². The highest BCUT2D eigenvalue weighted by atomic mass is 16.5. The number of carbonyl (C=O) groups excluding carboxylic acids is 1. The minimum Gasteiger partial charge on any atom is -0.481 e. The number of morpholine rings is 1. The molecule has 2 heterocycles. The second-order valence-electron chi connectivity index (χ2n) is 5.82. The van der Waals surface area contributed by atoms with E-state index in [2.05, 4.69) is 21.3 Å². The van der Waals surface area contributed by atoms with Crippen LogP contribution >= 0.6 is 0 Å². The van der Waals surface area contributed by atoms with Gasteiger partial charge in [-0.3, -0.25) is 9.89 Å². The van der Waals surface area contributed by atoms with E-state index >= 15 is 0 Å². The van der Waals surface area contributed by atoms with Crippen LogP contribution in [0.1, 0.15) is 30.2 Å². The summed E-state index contributed by atoms with van der Waals surface area (Å²) >= 11 is 0. The Morgan fingerprint density at radius 1 is 1.56 bits per heavy atom. The first-order valence-corrected chi connectivity index (χ1v) is 8.03. The molecular formula is C17H19N5O3. The third-order valence-electron chi connectivity index (χ3n) is 3.90. The van der Waals surface area contributed by atoms with Crippen molar-refractivity contribution in [1.82, 2.24) is 20.1 Å². The van der Waals surface area contributed by atoms with Crippen LogP contribution in [0, 0.1) is 18.3 Å². The summed E-state index contributed by atoms with van der Waals surface area (Å²) in [6.07, 6.45) is -1.02. The lowest BCUT2D eigenvalue weighted by molar-refractivity contribution is -0.146. The quantitative estimate of drug-likeness (QED) is 0.900. The minimum atomic E-state index is -0.665. The maximum Gasteiger partial charge on any atom is 0.263 e. The number of aryl methyl sites for hydroxylation is 1. The molecule has 1 N–H and O–H groups in total. The largest absolute Gasteiger partial charge is 0.481 e. The summed E-state index contributed by atoms with van der Waals surface area (Å²) in [6.45, 7) is 4.80. The number of nitrogens with zero attached hydrogens (tertiary/aromatic N) is 4. The molecule has 1 fully saturated rings. The van der Waals surface area contributed by atoms with Gasteiger partial charge in [0, 0.05) is 6.54 Å². The molecule has 3 rings (SSSR count). The van der Waals surface area contributed by atoms with E-state index in [-0.39, 0.29) is 12.0 Å². The average molecular weight is 341 g/mol. The van der Waals surface area contributed by atoms with E-state index < -0.39 is 6.10 Å². The van der Waals surface area contributed by atoms with E-state index in [0.29, 0.717) is 42.7 Å². The van der Waals surface area contributed by atoms with Crippen LogP contribution < -0.4 is 4.74 Å². The van der Waals surface area contributed by atoms with Crippen LogP contribution in [0.4, 0.5) is 0 Å². The maximum absolute atomic E-state index is 12.7. The van der Waals surface area contributed by atoms with Gasteiger partial charge in [0.15, 0.2) is 11.9 Å². The number of ether oxygens (including phenoxy) is 2. The molecule has 0 saturated carbocycles. The predicted molar refractivity (Wildman–Crippen MR) is 87.6 cm³/mol. The summed E-state index contributed by atoms with van der Waals surface area (Å²) in [6, 6.07) is 8.80. The first-order chi connectivity index (χ1) is 12.1. The number of aromatic amines is 1. The van der Waals surface area contributed by atoms with Crippen LogP contribution in [0.3, 0.4) is 0 Å². The first kappa shape index (κ1) is 16.9. The zero-order valence-corrected chi connectivity index (χ0v) is 14.1. The van der Waals surface area contributed by atoms with Crippen LogP contribution in [0.2, 0.25) is 0 Å². The summed E-state index contributed by atoms with van der Waals surface area (Å²) in [5.74, 6) is 1.61. The van der Waals surface area contributed by atoms with E-state index in [1.165, 1.54) is 0 Å². The standard InChI is InChI=1S/C17H19N5O3/c1-11(25-14-5-3-4-13(8-14)9-18)17(23)22-6-7-24-15(10-22)16-19-12(2)20-21-16/h3-5,8,11,15H,6-7,10H2,1-2H3,(H,19,20,21)/t11-,15+/m0/s1. The van der Waals surface area contributed by atoms with Gasteiger partial charge in [0.25, 0.3) is 5.91 Å². The second kappa shape index (κ2) is 7.32. The summed E-state index contributed by atoms with van der Waals surface area (Å²) in [4.78, 5) is 18.6. The number of nitriles is 1. The fourth-order valence-corrected chi connectivity index (χ4v) is 2.66. The fraction of sp³-hybridized carbons (Fsp3) is 0.412. The molecule has 25 heavy (non-hydrogen) atoms. The van der Waals surface area contributed by atoms with Crippen molar-refractivity contribution in [1.29, 1.82) is 5.26 Å². The highest BCUT2D eigenvalue weighted by Crippen LogP contribution is 2.21. The monoisotopic (exact) mass is 341 g/mol. The molecule has 0 bridgehead atoms. The number of H-pyrrole nitrogens is 1. The van der Waals surface area contributed by atoms with Crippen LogP contribution in [0.5, 0.6) is 5.75 Å². The zero-order valence-electron chi connectivity index (χ0n) is 14.1. The van der Waals surface area contributed by atoms with Crippen molar-refractivity contribution < 1.29 is 14.3 Å². The van der Waals surface area contributed by atoms with E-state index in [9.17, 15) is 4.79 Å². The molecule has 0 unspecified atom stereocenters. The van der Waals surface area contributed by atoms with Crippen LogP contribution in [0.15, 0.2) is 24.3 Å². The van der Waals surface area contributed by atoms with Crippen molar-refractivity contribution >= 4 is 5.91 Å². The van der Waals surface area contributed by atoms with E-state index in [0.717, 1.165) is 0 Å². The third kappa shape index (κ3) is 3.95. The molecule has 2 aromatic rings. The van der Waals surface area contributed by atoms with Gasteiger partial charge in [-0.1, -0.05) is 6.07 Å².